The lowest BCUT2D eigenvalue weighted by molar-refractivity contribution is 0.180. The molecule has 0 bridgehead atoms. The quantitative estimate of drug-likeness (QED) is 0.777. The normalized spacial score (nSPS) is 16.3. The van der Waals surface area contributed by atoms with Gasteiger partial charge in [0.2, 0.25) is 0 Å². The van der Waals surface area contributed by atoms with Gasteiger partial charge >= 0.3 is 6.03 Å². The number of amides is 2. The van der Waals surface area contributed by atoms with E-state index in [2.05, 4.69) is 33.9 Å². The van der Waals surface area contributed by atoms with Crippen molar-refractivity contribution in [2.75, 3.05) is 6.54 Å². The van der Waals surface area contributed by atoms with Crippen LogP contribution in [0.3, 0.4) is 0 Å². The molecule has 3 aromatic rings. The van der Waals surface area contributed by atoms with Gasteiger partial charge in [-0.25, -0.2) is 4.79 Å². The van der Waals surface area contributed by atoms with Gasteiger partial charge in [0.1, 0.15) is 0 Å². The Morgan fingerprint density at radius 3 is 2.80 bits per heavy atom. The second-order valence-electron chi connectivity index (χ2n) is 6.04. The van der Waals surface area contributed by atoms with Crippen molar-refractivity contribution < 1.29 is 4.79 Å². The molecule has 2 aromatic heterocycles. The number of fused-ring (bicyclic) bond motifs is 1. The van der Waals surface area contributed by atoms with E-state index in [1.807, 2.05) is 41.3 Å². The van der Waals surface area contributed by atoms with E-state index in [4.69, 9.17) is 0 Å². The maximum Gasteiger partial charge on any atom is 0.318 e. The first-order valence-electron chi connectivity index (χ1n) is 8.38. The number of nitrogens with zero attached hydrogens (tertiary/aromatic N) is 2. The van der Waals surface area contributed by atoms with Crippen LogP contribution < -0.4 is 5.32 Å². The van der Waals surface area contributed by atoms with Crippen LogP contribution in [0.1, 0.15) is 27.7 Å². The van der Waals surface area contributed by atoms with E-state index in [1.54, 1.807) is 17.5 Å². The first-order chi connectivity index (χ1) is 12.3. The number of aromatic nitrogens is 1. The molecule has 0 saturated heterocycles. The number of carbonyl (C=O) groups is 1. The van der Waals surface area contributed by atoms with Crippen molar-refractivity contribution in [3.63, 3.8) is 0 Å². The Morgan fingerprint density at radius 2 is 2.00 bits per heavy atom. The molecule has 1 atom stereocenters. The number of hydrogen-bond donors (Lipinski definition) is 1. The van der Waals surface area contributed by atoms with Crippen LogP contribution in [0, 0.1) is 0 Å². The summed E-state index contributed by atoms with van der Waals surface area (Å²) in [6.07, 6.45) is 2.65. The van der Waals surface area contributed by atoms with Crippen molar-refractivity contribution in [3.05, 3.63) is 87.9 Å². The molecule has 0 aliphatic carbocycles. The molecule has 0 saturated carbocycles. The summed E-state index contributed by atoms with van der Waals surface area (Å²) in [6.45, 7) is 1.16. The Hall–Kier alpha value is -2.66. The van der Waals surface area contributed by atoms with Crippen LogP contribution in [0.25, 0.3) is 0 Å². The molecule has 1 aliphatic rings. The van der Waals surface area contributed by atoms with Crippen LogP contribution in [0.5, 0.6) is 0 Å². The van der Waals surface area contributed by atoms with Crippen molar-refractivity contribution >= 4 is 17.4 Å². The monoisotopic (exact) mass is 349 g/mol. The first-order valence-corrected chi connectivity index (χ1v) is 9.26. The van der Waals surface area contributed by atoms with Crippen molar-refractivity contribution in [1.29, 1.82) is 0 Å². The van der Waals surface area contributed by atoms with Gasteiger partial charge in [-0.05, 0) is 41.1 Å². The fourth-order valence-corrected chi connectivity index (χ4v) is 4.20. The van der Waals surface area contributed by atoms with E-state index in [0.29, 0.717) is 6.54 Å². The van der Waals surface area contributed by atoms with Crippen LogP contribution in [-0.2, 0) is 13.0 Å². The fraction of sp³-hybridized carbons (Fsp3) is 0.200. The lowest BCUT2D eigenvalue weighted by atomic mass is 9.93. The number of thiophene rings is 1. The Balaban J connectivity index is 1.58. The average Bonchev–Trinajstić information content (AvgIpc) is 3.15. The minimum absolute atomic E-state index is 0.0278. The van der Waals surface area contributed by atoms with Gasteiger partial charge in [0, 0.05) is 17.6 Å². The predicted molar refractivity (Wildman–Crippen MR) is 99.5 cm³/mol. The van der Waals surface area contributed by atoms with E-state index < -0.39 is 0 Å². The van der Waals surface area contributed by atoms with Gasteiger partial charge in [-0.1, -0.05) is 36.4 Å². The number of urea groups is 1. The molecule has 0 spiro atoms. The summed E-state index contributed by atoms with van der Waals surface area (Å²) in [4.78, 5) is 20.5. The molecule has 5 heteroatoms. The third kappa shape index (κ3) is 3.28. The zero-order valence-electron chi connectivity index (χ0n) is 13.8. The van der Waals surface area contributed by atoms with Gasteiger partial charge in [-0.2, -0.15) is 0 Å². The maximum atomic E-state index is 12.9. The molecule has 3 heterocycles. The Labute approximate surface area is 151 Å². The number of pyridine rings is 1. The first kappa shape index (κ1) is 15.8. The third-order valence-electron chi connectivity index (χ3n) is 4.49. The van der Waals surface area contributed by atoms with Gasteiger partial charge in [-0.15, -0.1) is 11.3 Å². The highest BCUT2D eigenvalue weighted by molar-refractivity contribution is 7.10. The molecule has 126 valence electrons. The lowest BCUT2D eigenvalue weighted by Gasteiger charge is -2.36. The molecule has 0 unspecified atom stereocenters. The number of rotatable bonds is 3. The smallest absolute Gasteiger partial charge is 0.318 e. The Morgan fingerprint density at radius 1 is 1.16 bits per heavy atom. The molecule has 4 nitrogen and oxygen atoms in total. The molecule has 2 amide bonds. The van der Waals surface area contributed by atoms with Crippen LogP contribution in [-0.4, -0.2) is 22.5 Å². The van der Waals surface area contributed by atoms with E-state index >= 15 is 0 Å². The van der Waals surface area contributed by atoms with Crippen LogP contribution in [0.4, 0.5) is 4.79 Å². The summed E-state index contributed by atoms with van der Waals surface area (Å²) >= 11 is 1.78. The summed E-state index contributed by atoms with van der Waals surface area (Å²) in [7, 11) is 0. The van der Waals surface area contributed by atoms with Gasteiger partial charge in [0.25, 0.3) is 0 Å². The highest BCUT2D eigenvalue weighted by atomic mass is 32.1. The van der Waals surface area contributed by atoms with Gasteiger partial charge < -0.3 is 10.2 Å². The van der Waals surface area contributed by atoms with Crippen molar-refractivity contribution in [2.24, 2.45) is 0 Å². The molecule has 25 heavy (non-hydrogen) atoms. The van der Waals surface area contributed by atoms with E-state index in [1.165, 1.54) is 10.4 Å². The highest BCUT2D eigenvalue weighted by Gasteiger charge is 2.32. The second-order valence-corrected chi connectivity index (χ2v) is 7.04. The summed E-state index contributed by atoms with van der Waals surface area (Å²) in [5.41, 5.74) is 3.26. The summed E-state index contributed by atoms with van der Waals surface area (Å²) in [5, 5.41) is 5.14. The third-order valence-corrected chi connectivity index (χ3v) is 5.49. The number of hydrogen-bond acceptors (Lipinski definition) is 3. The molecule has 1 aromatic carbocycles. The van der Waals surface area contributed by atoms with Crippen molar-refractivity contribution in [2.45, 2.75) is 19.0 Å². The zero-order chi connectivity index (χ0) is 17.1. The largest absolute Gasteiger partial charge is 0.332 e. The fourth-order valence-electron chi connectivity index (χ4n) is 3.30. The number of nitrogens with one attached hydrogen (secondary N) is 1. The lowest BCUT2D eigenvalue weighted by Crippen LogP contribution is -2.45. The Kier molecular flexibility index (Phi) is 4.48. The van der Waals surface area contributed by atoms with Crippen molar-refractivity contribution in [3.8, 4) is 0 Å². The standard InChI is InChI=1S/C20H19N3OS/c24-20(22-14-16-8-4-5-11-21-16)23-12-9-18-17(10-13-25-18)19(23)15-6-2-1-3-7-15/h1-8,10-11,13,19H,9,12,14H2,(H,22,24)/t19-/m0/s1. The summed E-state index contributed by atoms with van der Waals surface area (Å²) in [6, 6.07) is 18.0. The summed E-state index contributed by atoms with van der Waals surface area (Å²) in [5.74, 6) is 0. The molecule has 4 rings (SSSR count). The SMILES string of the molecule is O=C(NCc1ccccn1)N1CCc2sccc2[C@@H]1c1ccccc1. The van der Waals surface area contributed by atoms with Gasteiger partial charge in [0.05, 0.1) is 18.3 Å². The molecule has 0 radical (unpaired) electrons. The van der Waals surface area contributed by atoms with Crippen LogP contribution in [0.2, 0.25) is 0 Å². The van der Waals surface area contributed by atoms with Gasteiger partial charge in [-0.3, -0.25) is 4.98 Å². The highest BCUT2D eigenvalue weighted by Crippen LogP contribution is 2.37. The van der Waals surface area contributed by atoms with Crippen LogP contribution in [0.15, 0.2) is 66.2 Å². The Bertz CT molecular complexity index is 848. The second kappa shape index (κ2) is 7.07. The van der Waals surface area contributed by atoms with E-state index in [9.17, 15) is 4.79 Å². The maximum absolute atomic E-state index is 12.9. The zero-order valence-corrected chi connectivity index (χ0v) is 14.6. The molecule has 1 aliphatic heterocycles. The van der Waals surface area contributed by atoms with Crippen molar-refractivity contribution in [1.82, 2.24) is 15.2 Å². The minimum atomic E-state index is -0.0450. The summed E-state index contributed by atoms with van der Waals surface area (Å²) < 4.78 is 0. The molecular weight excluding hydrogens is 330 g/mol. The van der Waals surface area contributed by atoms with Crippen LogP contribution >= 0.6 is 11.3 Å². The average molecular weight is 349 g/mol. The number of benzene rings is 1. The topological polar surface area (TPSA) is 45.2 Å². The van der Waals surface area contributed by atoms with E-state index in [0.717, 1.165) is 24.2 Å². The van der Waals surface area contributed by atoms with Gasteiger partial charge in [0.15, 0.2) is 0 Å². The predicted octanol–water partition coefficient (Wildman–Crippen LogP) is 4.00. The molecular formula is C20H19N3OS. The van der Waals surface area contributed by atoms with E-state index in [-0.39, 0.29) is 12.1 Å². The number of carbonyl (C=O) groups excluding carboxylic acids is 1. The minimum Gasteiger partial charge on any atom is -0.332 e. The molecule has 0 fully saturated rings. The molecule has 1 N–H and O–H groups in total.